The Balaban J connectivity index is 1.76. The molecule has 0 aliphatic carbocycles. The second kappa shape index (κ2) is 5.88. The van der Waals surface area contributed by atoms with E-state index in [0.717, 1.165) is 29.3 Å². The maximum absolute atomic E-state index is 11.9. The van der Waals surface area contributed by atoms with Crippen LogP contribution in [0.25, 0.3) is 0 Å². The summed E-state index contributed by atoms with van der Waals surface area (Å²) >= 11 is 13.7. The number of anilines is 2. The largest absolute Gasteiger partial charge is 0.387 e. The summed E-state index contributed by atoms with van der Waals surface area (Å²) in [4.78, 5) is 20.2. The fourth-order valence-corrected chi connectivity index (χ4v) is 4.80. The molecule has 2 aliphatic rings. The number of rotatable bonds is 2. The number of amides is 1. The Bertz CT molecular complexity index is 812. The van der Waals surface area contributed by atoms with Crippen molar-refractivity contribution < 1.29 is 9.90 Å². The molecule has 2 aliphatic heterocycles. The molecule has 0 saturated carbocycles. The van der Waals surface area contributed by atoms with Crippen molar-refractivity contribution >= 4 is 51.3 Å². The van der Waals surface area contributed by atoms with E-state index < -0.39 is 6.61 Å². The van der Waals surface area contributed by atoms with Crippen LogP contribution in [0.2, 0.25) is 9.36 Å². The fraction of sp³-hybridized carbons (Fsp3) is 0.375. The van der Waals surface area contributed by atoms with Gasteiger partial charge in [0.05, 0.1) is 6.20 Å². The summed E-state index contributed by atoms with van der Waals surface area (Å²) in [5.74, 6) is -0.230. The van der Waals surface area contributed by atoms with Gasteiger partial charge in [-0.3, -0.25) is 4.79 Å². The van der Waals surface area contributed by atoms with Gasteiger partial charge in [0.2, 0.25) is 5.91 Å². The van der Waals surface area contributed by atoms with E-state index in [1.807, 2.05) is 18.2 Å². The van der Waals surface area contributed by atoms with Crippen LogP contribution < -0.4 is 4.90 Å². The van der Waals surface area contributed by atoms with Gasteiger partial charge in [0.15, 0.2) is 5.13 Å². The summed E-state index contributed by atoms with van der Waals surface area (Å²) < 4.78 is 0.643. The molecule has 24 heavy (non-hydrogen) atoms. The first-order valence-electron chi connectivity index (χ1n) is 7.60. The molecule has 1 aromatic carbocycles. The quantitative estimate of drug-likeness (QED) is 0.865. The van der Waals surface area contributed by atoms with Crippen LogP contribution in [0.5, 0.6) is 0 Å². The lowest BCUT2D eigenvalue weighted by molar-refractivity contribution is -0.133. The standard InChI is InChI=1S/C16H15Cl2N3O2S/c17-10-1-2-12-11(5-10)16(3-4-20(8-16)14(23)7-22)9-21(12)15-19-6-13(18)24-15/h1-2,5-6,22H,3-4,7-9H2/t16-/m1/s1. The molecular formula is C16H15Cl2N3O2S. The predicted octanol–water partition coefficient (Wildman–Crippen LogP) is 3.06. The summed E-state index contributed by atoms with van der Waals surface area (Å²) in [7, 11) is 0. The van der Waals surface area contributed by atoms with Crippen LogP contribution in [0.3, 0.4) is 0 Å². The molecule has 5 nitrogen and oxygen atoms in total. The average Bonchev–Trinajstić information content (AvgIpc) is 3.26. The van der Waals surface area contributed by atoms with E-state index in [2.05, 4.69) is 9.88 Å². The van der Waals surface area contributed by atoms with E-state index in [0.29, 0.717) is 22.4 Å². The molecule has 0 bridgehead atoms. The molecule has 126 valence electrons. The number of aliphatic hydroxyl groups excluding tert-OH is 1. The third-order valence-corrected chi connectivity index (χ3v) is 6.19. The van der Waals surface area contributed by atoms with Gasteiger partial charge in [-0.15, -0.1) is 0 Å². The van der Waals surface area contributed by atoms with E-state index in [1.54, 1.807) is 11.1 Å². The minimum atomic E-state index is -0.454. The lowest BCUT2D eigenvalue weighted by Gasteiger charge is -2.25. The van der Waals surface area contributed by atoms with Crippen molar-refractivity contribution in [2.24, 2.45) is 0 Å². The van der Waals surface area contributed by atoms with Crippen LogP contribution in [-0.4, -0.2) is 47.1 Å². The number of carbonyl (C=O) groups excluding carboxylic acids is 1. The molecule has 2 aromatic rings. The third kappa shape index (κ3) is 2.49. The lowest BCUT2D eigenvalue weighted by Crippen LogP contribution is -2.38. The number of hydrogen-bond donors (Lipinski definition) is 1. The number of aromatic nitrogens is 1. The van der Waals surface area contributed by atoms with Crippen molar-refractivity contribution in [3.05, 3.63) is 39.3 Å². The highest BCUT2D eigenvalue weighted by Crippen LogP contribution is 2.50. The first-order chi connectivity index (χ1) is 11.5. The summed E-state index contributed by atoms with van der Waals surface area (Å²) in [6, 6.07) is 5.85. The Hall–Kier alpha value is -1.34. The molecule has 1 aromatic heterocycles. The Kier molecular flexibility index (Phi) is 3.95. The van der Waals surface area contributed by atoms with Gasteiger partial charge in [-0.1, -0.05) is 34.5 Å². The van der Waals surface area contributed by atoms with Crippen molar-refractivity contribution in [1.29, 1.82) is 0 Å². The predicted molar refractivity (Wildman–Crippen MR) is 95.5 cm³/mol. The van der Waals surface area contributed by atoms with Crippen LogP contribution in [0.4, 0.5) is 10.8 Å². The average molecular weight is 384 g/mol. The molecule has 1 atom stereocenters. The Morgan fingerprint density at radius 3 is 2.92 bits per heavy atom. The normalized spacial score (nSPS) is 22.5. The molecule has 1 N–H and O–H groups in total. The van der Waals surface area contributed by atoms with E-state index in [4.69, 9.17) is 28.3 Å². The fourth-order valence-electron chi connectivity index (χ4n) is 3.72. The van der Waals surface area contributed by atoms with Crippen molar-refractivity contribution in [1.82, 2.24) is 9.88 Å². The number of fused-ring (bicyclic) bond motifs is 2. The zero-order valence-electron chi connectivity index (χ0n) is 12.7. The highest BCUT2D eigenvalue weighted by atomic mass is 35.5. The second-order valence-electron chi connectivity index (χ2n) is 6.20. The van der Waals surface area contributed by atoms with E-state index in [1.165, 1.54) is 11.3 Å². The van der Waals surface area contributed by atoms with Gasteiger partial charge in [0, 0.05) is 35.8 Å². The first kappa shape index (κ1) is 16.1. The number of halogens is 2. The van der Waals surface area contributed by atoms with Crippen LogP contribution in [-0.2, 0) is 10.2 Å². The molecular weight excluding hydrogens is 369 g/mol. The summed E-state index contributed by atoms with van der Waals surface area (Å²) in [5, 5.41) is 10.7. The van der Waals surface area contributed by atoms with Crippen LogP contribution >= 0.6 is 34.5 Å². The number of hydrogen-bond acceptors (Lipinski definition) is 5. The molecule has 3 heterocycles. The minimum absolute atomic E-state index is 0.191. The molecule has 4 rings (SSSR count). The van der Waals surface area contributed by atoms with Crippen LogP contribution in [0.1, 0.15) is 12.0 Å². The Morgan fingerprint density at radius 2 is 2.21 bits per heavy atom. The summed E-state index contributed by atoms with van der Waals surface area (Å²) in [5.41, 5.74) is 2.00. The zero-order chi connectivity index (χ0) is 16.9. The van der Waals surface area contributed by atoms with Gasteiger partial charge < -0.3 is 14.9 Å². The molecule has 8 heteroatoms. The van der Waals surface area contributed by atoms with Crippen molar-refractivity contribution in [2.75, 3.05) is 31.1 Å². The molecule has 0 radical (unpaired) electrons. The lowest BCUT2D eigenvalue weighted by atomic mass is 9.81. The third-order valence-electron chi connectivity index (χ3n) is 4.82. The number of carbonyl (C=O) groups is 1. The van der Waals surface area contributed by atoms with Crippen LogP contribution in [0, 0.1) is 0 Å². The summed E-state index contributed by atoms with van der Waals surface area (Å²) in [6.07, 6.45) is 2.49. The van der Waals surface area contributed by atoms with Gasteiger partial charge in [-0.2, -0.15) is 0 Å². The molecule has 0 unspecified atom stereocenters. The maximum Gasteiger partial charge on any atom is 0.248 e. The highest BCUT2D eigenvalue weighted by Gasteiger charge is 2.49. The maximum atomic E-state index is 11.9. The van der Waals surface area contributed by atoms with Gasteiger partial charge in [-0.05, 0) is 30.2 Å². The number of thiazole rings is 1. The van der Waals surface area contributed by atoms with E-state index in [9.17, 15) is 4.79 Å². The number of benzene rings is 1. The number of likely N-dealkylation sites (tertiary alicyclic amines) is 1. The summed E-state index contributed by atoms with van der Waals surface area (Å²) in [6.45, 7) is 1.49. The Labute approximate surface area is 153 Å². The van der Waals surface area contributed by atoms with Gasteiger partial charge >= 0.3 is 0 Å². The molecule has 1 spiro atoms. The van der Waals surface area contributed by atoms with E-state index >= 15 is 0 Å². The van der Waals surface area contributed by atoms with Gasteiger partial charge in [0.25, 0.3) is 0 Å². The van der Waals surface area contributed by atoms with E-state index in [-0.39, 0.29) is 11.3 Å². The van der Waals surface area contributed by atoms with Crippen molar-refractivity contribution in [3.63, 3.8) is 0 Å². The number of aliphatic hydroxyl groups is 1. The molecule has 1 fully saturated rings. The van der Waals surface area contributed by atoms with Gasteiger partial charge in [-0.25, -0.2) is 4.98 Å². The Morgan fingerprint density at radius 1 is 1.38 bits per heavy atom. The topological polar surface area (TPSA) is 56.7 Å². The first-order valence-corrected chi connectivity index (χ1v) is 9.17. The van der Waals surface area contributed by atoms with Gasteiger partial charge in [0.1, 0.15) is 10.9 Å². The zero-order valence-corrected chi connectivity index (χ0v) is 15.0. The van der Waals surface area contributed by atoms with Crippen LogP contribution in [0.15, 0.2) is 24.4 Å². The highest BCUT2D eigenvalue weighted by molar-refractivity contribution is 7.19. The monoisotopic (exact) mass is 383 g/mol. The van der Waals surface area contributed by atoms with Crippen molar-refractivity contribution in [3.8, 4) is 0 Å². The molecule has 1 saturated heterocycles. The SMILES string of the molecule is O=C(CO)N1CC[C@@]2(C1)CN(c1ncc(Cl)s1)c1ccc(Cl)cc12. The molecule has 1 amide bonds. The number of nitrogens with zero attached hydrogens (tertiary/aromatic N) is 3. The smallest absolute Gasteiger partial charge is 0.248 e. The second-order valence-corrected chi connectivity index (χ2v) is 8.28. The minimum Gasteiger partial charge on any atom is -0.387 e. The van der Waals surface area contributed by atoms with Crippen molar-refractivity contribution in [2.45, 2.75) is 11.8 Å².